The standard InChI is InChI=1S/C28H29ClFN5O/c1-3-23-18(2)12-15-34(23)25(19-8-10-20(30)11-9-19)16-33-27(36)21-17-35(28-31-13-5-14-32-28)24-7-4-6-22(29)26(21)24/h4-11,13-14,17-18,23,25H,3,12,15-16H2,1-2H3,(H,33,36). The molecule has 1 fully saturated rings. The van der Waals surface area contributed by atoms with Gasteiger partial charge in [0.1, 0.15) is 5.82 Å². The third kappa shape index (κ3) is 4.61. The third-order valence-corrected chi connectivity index (χ3v) is 7.56. The van der Waals surface area contributed by atoms with Crippen molar-refractivity contribution in [2.75, 3.05) is 13.1 Å². The number of likely N-dealkylation sites (tertiary alicyclic amines) is 1. The van der Waals surface area contributed by atoms with Gasteiger partial charge in [0.05, 0.1) is 22.1 Å². The molecule has 186 valence electrons. The van der Waals surface area contributed by atoms with Crippen molar-refractivity contribution in [2.45, 2.75) is 38.8 Å². The summed E-state index contributed by atoms with van der Waals surface area (Å²) in [6, 6.07) is 14.2. The Kier molecular flexibility index (Phi) is 7.03. The lowest BCUT2D eigenvalue weighted by molar-refractivity contribution is 0.0924. The van der Waals surface area contributed by atoms with Crippen molar-refractivity contribution in [3.63, 3.8) is 0 Å². The Morgan fingerprint density at radius 3 is 2.64 bits per heavy atom. The van der Waals surface area contributed by atoms with E-state index >= 15 is 0 Å². The first kappa shape index (κ1) is 24.4. The van der Waals surface area contributed by atoms with Crippen LogP contribution in [0.15, 0.2) is 67.1 Å². The highest BCUT2D eigenvalue weighted by atomic mass is 35.5. The second-order valence-corrected chi connectivity index (χ2v) is 9.76. The molecule has 3 atom stereocenters. The molecule has 2 aromatic heterocycles. The van der Waals surface area contributed by atoms with Gasteiger partial charge >= 0.3 is 0 Å². The van der Waals surface area contributed by atoms with Crippen molar-refractivity contribution in [1.82, 2.24) is 24.8 Å². The third-order valence-electron chi connectivity index (χ3n) is 7.25. The Bertz CT molecular complexity index is 1360. The first-order chi connectivity index (χ1) is 17.5. The molecule has 1 saturated heterocycles. The first-order valence-corrected chi connectivity index (χ1v) is 12.7. The summed E-state index contributed by atoms with van der Waals surface area (Å²) in [5, 5.41) is 4.29. The van der Waals surface area contributed by atoms with Crippen molar-refractivity contribution in [1.29, 1.82) is 0 Å². The number of hydrogen-bond acceptors (Lipinski definition) is 4. The van der Waals surface area contributed by atoms with E-state index in [1.807, 2.05) is 24.3 Å². The molecule has 4 aromatic rings. The van der Waals surface area contributed by atoms with Crippen molar-refractivity contribution in [2.24, 2.45) is 5.92 Å². The molecule has 0 bridgehead atoms. The Balaban J connectivity index is 1.47. The van der Waals surface area contributed by atoms with Gasteiger partial charge in [-0.3, -0.25) is 14.3 Å². The number of nitrogens with one attached hydrogen (secondary N) is 1. The van der Waals surface area contributed by atoms with Gasteiger partial charge in [-0.1, -0.05) is 43.6 Å². The average molecular weight is 506 g/mol. The van der Waals surface area contributed by atoms with E-state index in [4.69, 9.17) is 11.6 Å². The summed E-state index contributed by atoms with van der Waals surface area (Å²) in [6.45, 7) is 5.81. The van der Waals surface area contributed by atoms with Gasteiger partial charge in [0.25, 0.3) is 5.91 Å². The topological polar surface area (TPSA) is 63.1 Å². The fourth-order valence-electron chi connectivity index (χ4n) is 5.45. The van der Waals surface area contributed by atoms with Crippen molar-refractivity contribution in [3.05, 3.63) is 89.1 Å². The predicted molar refractivity (Wildman–Crippen MR) is 140 cm³/mol. The van der Waals surface area contributed by atoms with E-state index < -0.39 is 0 Å². The zero-order chi connectivity index (χ0) is 25.2. The summed E-state index contributed by atoms with van der Waals surface area (Å²) < 4.78 is 15.5. The Hall–Kier alpha value is -3.29. The minimum Gasteiger partial charge on any atom is -0.350 e. The van der Waals surface area contributed by atoms with E-state index in [-0.39, 0.29) is 17.8 Å². The summed E-state index contributed by atoms with van der Waals surface area (Å²) in [5.74, 6) is 0.533. The van der Waals surface area contributed by atoms with E-state index in [0.717, 1.165) is 30.5 Å². The van der Waals surface area contributed by atoms with Gasteiger partial charge in [-0.2, -0.15) is 0 Å². The normalized spacial score (nSPS) is 19.0. The highest BCUT2D eigenvalue weighted by Crippen LogP contribution is 2.35. The maximum Gasteiger partial charge on any atom is 0.253 e. The predicted octanol–water partition coefficient (Wildman–Crippen LogP) is 5.80. The number of carbonyl (C=O) groups is 1. The van der Waals surface area contributed by atoms with Crippen molar-refractivity contribution < 1.29 is 9.18 Å². The summed E-state index contributed by atoms with van der Waals surface area (Å²) in [6.07, 6.45) is 7.18. The molecule has 8 heteroatoms. The van der Waals surface area contributed by atoms with E-state index in [1.165, 1.54) is 12.1 Å². The summed E-state index contributed by atoms with van der Waals surface area (Å²) in [5.41, 5.74) is 2.21. The highest BCUT2D eigenvalue weighted by molar-refractivity contribution is 6.37. The monoisotopic (exact) mass is 505 g/mol. The number of nitrogens with zero attached hydrogens (tertiary/aromatic N) is 4. The SMILES string of the molecule is CCC1C(C)CCN1C(CNC(=O)c1cn(-c2ncccn2)c2cccc(Cl)c12)c1ccc(F)cc1. The molecule has 1 N–H and O–H groups in total. The molecule has 0 spiro atoms. The van der Waals surface area contributed by atoms with Crippen LogP contribution in [0, 0.1) is 11.7 Å². The van der Waals surface area contributed by atoms with Crippen LogP contribution in [0.3, 0.4) is 0 Å². The van der Waals surface area contributed by atoms with Crippen LogP contribution in [0.25, 0.3) is 16.9 Å². The zero-order valence-corrected chi connectivity index (χ0v) is 21.1. The maximum atomic E-state index is 13.7. The van der Waals surface area contributed by atoms with Crippen LogP contribution in [0.2, 0.25) is 5.02 Å². The molecule has 3 unspecified atom stereocenters. The average Bonchev–Trinajstić information content (AvgIpc) is 3.47. The molecule has 1 amide bonds. The number of benzene rings is 2. The second kappa shape index (κ2) is 10.4. The molecule has 3 heterocycles. The lowest BCUT2D eigenvalue weighted by atomic mass is 9.98. The minimum absolute atomic E-state index is 0.0641. The van der Waals surface area contributed by atoms with Gasteiger partial charge in [-0.05, 0) is 61.2 Å². The zero-order valence-electron chi connectivity index (χ0n) is 20.4. The molecule has 36 heavy (non-hydrogen) atoms. The molecule has 0 saturated carbocycles. The number of amides is 1. The molecule has 1 aliphatic heterocycles. The fourth-order valence-corrected chi connectivity index (χ4v) is 5.73. The minimum atomic E-state index is -0.269. The van der Waals surface area contributed by atoms with Gasteiger partial charge in [0.15, 0.2) is 0 Å². The van der Waals surface area contributed by atoms with Gasteiger partial charge in [0.2, 0.25) is 5.95 Å². The lowest BCUT2D eigenvalue weighted by Crippen LogP contribution is -2.41. The number of carbonyl (C=O) groups excluding carboxylic acids is 1. The molecule has 0 radical (unpaired) electrons. The number of aromatic nitrogens is 3. The van der Waals surface area contributed by atoms with E-state index in [0.29, 0.717) is 40.4 Å². The summed E-state index contributed by atoms with van der Waals surface area (Å²) in [7, 11) is 0. The Labute approximate surface area is 215 Å². The fraction of sp³-hybridized carbons (Fsp3) is 0.321. The summed E-state index contributed by atoms with van der Waals surface area (Å²) >= 11 is 6.56. The Morgan fingerprint density at radius 2 is 1.92 bits per heavy atom. The highest BCUT2D eigenvalue weighted by Gasteiger charge is 2.35. The van der Waals surface area contributed by atoms with E-state index in [9.17, 15) is 9.18 Å². The number of fused-ring (bicyclic) bond motifs is 1. The molecular weight excluding hydrogens is 477 g/mol. The van der Waals surface area contributed by atoms with Crippen LogP contribution < -0.4 is 5.32 Å². The molecule has 1 aliphatic rings. The summed E-state index contributed by atoms with van der Waals surface area (Å²) in [4.78, 5) is 24.7. The lowest BCUT2D eigenvalue weighted by Gasteiger charge is -2.34. The smallest absolute Gasteiger partial charge is 0.253 e. The van der Waals surface area contributed by atoms with Crippen LogP contribution in [-0.4, -0.2) is 44.5 Å². The molecule has 2 aromatic carbocycles. The van der Waals surface area contributed by atoms with E-state index in [2.05, 4.69) is 34.0 Å². The van der Waals surface area contributed by atoms with Gasteiger partial charge < -0.3 is 5.32 Å². The van der Waals surface area contributed by atoms with Gasteiger partial charge in [0, 0.05) is 36.6 Å². The van der Waals surface area contributed by atoms with Gasteiger partial charge in [-0.25, -0.2) is 14.4 Å². The van der Waals surface area contributed by atoms with Crippen LogP contribution >= 0.6 is 11.6 Å². The second-order valence-electron chi connectivity index (χ2n) is 9.35. The number of rotatable bonds is 7. The Morgan fingerprint density at radius 1 is 1.17 bits per heavy atom. The molecule has 6 nitrogen and oxygen atoms in total. The maximum absolute atomic E-state index is 13.7. The van der Waals surface area contributed by atoms with Crippen molar-refractivity contribution >= 4 is 28.4 Å². The molecule has 0 aliphatic carbocycles. The van der Waals surface area contributed by atoms with Crippen LogP contribution in [0.5, 0.6) is 0 Å². The largest absolute Gasteiger partial charge is 0.350 e. The first-order valence-electron chi connectivity index (χ1n) is 12.3. The van der Waals surface area contributed by atoms with Gasteiger partial charge in [-0.15, -0.1) is 0 Å². The van der Waals surface area contributed by atoms with Crippen molar-refractivity contribution in [3.8, 4) is 5.95 Å². The number of hydrogen-bond donors (Lipinski definition) is 1. The molecule has 5 rings (SSSR count). The number of halogens is 2. The van der Waals surface area contributed by atoms with Crippen LogP contribution in [0.1, 0.15) is 48.7 Å². The van der Waals surface area contributed by atoms with Crippen LogP contribution in [0.4, 0.5) is 4.39 Å². The molecular formula is C28H29ClFN5O. The van der Waals surface area contributed by atoms with E-state index in [1.54, 1.807) is 35.3 Å². The quantitative estimate of drug-likeness (QED) is 0.344. The van der Waals surface area contributed by atoms with Crippen LogP contribution in [-0.2, 0) is 0 Å².